The van der Waals surface area contributed by atoms with Crippen LogP contribution in [0, 0.1) is 0 Å². The number of carboxylic acid groups (broad SMARTS) is 1. The number of carbonyl (C=O) groups is 1. The van der Waals surface area contributed by atoms with Crippen molar-refractivity contribution in [2.45, 2.75) is 12.5 Å². The molecule has 1 unspecified atom stereocenters. The molecule has 0 saturated carbocycles. The molecule has 0 bridgehead atoms. The maximum absolute atomic E-state index is 10.2. The van der Waals surface area contributed by atoms with Crippen molar-refractivity contribution >= 4 is 13.6 Å². The molecule has 23 heavy (non-hydrogen) atoms. The van der Waals surface area contributed by atoms with E-state index < -0.39 is 25.8 Å². The van der Waals surface area contributed by atoms with Crippen LogP contribution in [-0.2, 0) is 9.36 Å². The summed E-state index contributed by atoms with van der Waals surface area (Å²) >= 11 is 0. The zero-order chi connectivity index (χ0) is 17.3. The van der Waals surface area contributed by atoms with Crippen molar-refractivity contribution in [3.63, 3.8) is 0 Å². The molecular weight excluding hydrogens is 317 g/mol. The first-order chi connectivity index (χ1) is 10.8. The Morgan fingerprint density at radius 2 is 1.35 bits per heavy atom. The predicted octanol–water partition coefficient (Wildman–Crippen LogP) is 2.32. The highest BCUT2D eigenvalue weighted by molar-refractivity contribution is 7.51. The van der Waals surface area contributed by atoms with Crippen LogP contribution in [0.5, 0.6) is 0 Å². The van der Waals surface area contributed by atoms with E-state index in [9.17, 15) is 9.36 Å². The van der Waals surface area contributed by atoms with Gasteiger partial charge in [-0.25, -0.2) is 0 Å². The Kier molecular flexibility index (Phi) is 7.65. The van der Waals surface area contributed by atoms with Crippen molar-refractivity contribution in [2.24, 2.45) is 5.73 Å². The van der Waals surface area contributed by atoms with Crippen LogP contribution in [-0.4, -0.2) is 33.1 Å². The van der Waals surface area contributed by atoms with Gasteiger partial charge in [0, 0.05) is 0 Å². The fourth-order valence-electron chi connectivity index (χ4n) is 1.69. The maximum atomic E-state index is 10.2. The van der Waals surface area contributed by atoms with E-state index in [2.05, 4.69) is 48.5 Å². The van der Waals surface area contributed by atoms with E-state index in [1.165, 1.54) is 11.1 Å². The van der Waals surface area contributed by atoms with Crippen LogP contribution in [0.15, 0.2) is 60.7 Å². The summed E-state index contributed by atoms with van der Waals surface area (Å²) < 4.78 is 10.2. The minimum Gasteiger partial charge on any atom is -0.480 e. The molecule has 2 aromatic rings. The lowest BCUT2D eigenvalue weighted by Gasteiger charge is -2.06. The third kappa shape index (κ3) is 8.28. The van der Waals surface area contributed by atoms with Gasteiger partial charge in [-0.3, -0.25) is 9.36 Å². The van der Waals surface area contributed by atoms with Gasteiger partial charge in [0.1, 0.15) is 6.04 Å². The topological polar surface area (TPSA) is 121 Å². The molecule has 6 nitrogen and oxygen atoms in total. The first-order valence-corrected chi connectivity index (χ1v) is 8.73. The van der Waals surface area contributed by atoms with Crippen LogP contribution < -0.4 is 5.73 Å². The lowest BCUT2D eigenvalue weighted by Crippen LogP contribution is -2.30. The summed E-state index contributed by atoms with van der Waals surface area (Å²) in [7, 11) is -4.10. The molecule has 7 heteroatoms. The number of nitrogens with two attached hydrogens (primary N) is 1. The fraction of sp³-hybridized carbons (Fsp3) is 0.188. The second-order valence-corrected chi connectivity index (χ2v) is 6.63. The Hall–Kier alpha value is -1.98. The van der Waals surface area contributed by atoms with Crippen molar-refractivity contribution < 1.29 is 24.3 Å². The van der Waals surface area contributed by atoms with Crippen LogP contribution in [0.25, 0.3) is 11.1 Å². The maximum Gasteiger partial charge on any atom is 0.325 e. The summed E-state index contributed by atoms with van der Waals surface area (Å²) in [5.74, 6) is -1.25. The lowest BCUT2D eigenvalue weighted by atomic mass is 10.1. The van der Waals surface area contributed by atoms with Gasteiger partial charge >= 0.3 is 13.6 Å². The van der Waals surface area contributed by atoms with Gasteiger partial charge in [0.05, 0.1) is 6.16 Å². The first kappa shape index (κ1) is 19.1. The summed E-state index contributed by atoms with van der Waals surface area (Å²) in [6.45, 7) is 0. The minimum atomic E-state index is -4.10. The second kappa shape index (κ2) is 9.22. The van der Waals surface area contributed by atoms with Crippen LogP contribution in [0.2, 0.25) is 0 Å². The summed E-state index contributed by atoms with van der Waals surface area (Å²) in [6.07, 6.45) is -0.694. The molecule has 0 heterocycles. The molecule has 0 aliphatic heterocycles. The molecule has 2 aromatic carbocycles. The Morgan fingerprint density at radius 3 is 1.65 bits per heavy atom. The van der Waals surface area contributed by atoms with Crippen molar-refractivity contribution in [2.75, 3.05) is 6.16 Å². The highest BCUT2D eigenvalue weighted by atomic mass is 31.2. The Bertz CT molecular complexity index is 605. The summed E-state index contributed by atoms with van der Waals surface area (Å²) in [6, 6.07) is 19.6. The van der Waals surface area contributed by atoms with E-state index in [0.29, 0.717) is 0 Å². The Morgan fingerprint density at radius 1 is 0.957 bits per heavy atom. The molecule has 2 rings (SSSR count). The largest absolute Gasteiger partial charge is 0.480 e. The molecule has 0 aromatic heterocycles. The molecule has 0 radical (unpaired) electrons. The van der Waals surface area contributed by atoms with Gasteiger partial charge in [0.15, 0.2) is 0 Å². The zero-order valence-corrected chi connectivity index (χ0v) is 13.3. The molecule has 124 valence electrons. The minimum absolute atomic E-state index is 0.209. The molecular formula is C16H20NO5P. The predicted molar refractivity (Wildman–Crippen MR) is 89.0 cm³/mol. The highest BCUT2D eigenvalue weighted by Gasteiger charge is 2.18. The van der Waals surface area contributed by atoms with E-state index in [1.54, 1.807) is 0 Å². The number of benzene rings is 2. The number of hydrogen-bond acceptors (Lipinski definition) is 3. The van der Waals surface area contributed by atoms with Gasteiger partial charge in [0.25, 0.3) is 0 Å². The molecule has 0 aliphatic carbocycles. The number of carboxylic acids is 1. The quantitative estimate of drug-likeness (QED) is 0.621. The Balaban J connectivity index is 0.000000232. The normalized spacial score (nSPS) is 12.0. The molecule has 0 saturated heterocycles. The van der Waals surface area contributed by atoms with Crippen molar-refractivity contribution in [1.82, 2.24) is 0 Å². The van der Waals surface area contributed by atoms with E-state index in [1.807, 2.05) is 12.1 Å². The van der Waals surface area contributed by atoms with Gasteiger partial charge in [-0.2, -0.15) is 0 Å². The van der Waals surface area contributed by atoms with Crippen LogP contribution >= 0.6 is 7.60 Å². The van der Waals surface area contributed by atoms with E-state index >= 15 is 0 Å². The monoisotopic (exact) mass is 337 g/mol. The summed E-state index contributed by atoms with van der Waals surface area (Å²) in [5.41, 5.74) is 7.53. The molecule has 0 amide bonds. The Labute approximate surface area is 134 Å². The van der Waals surface area contributed by atoms with E-state index in [-0.39, 0.29) is 6.42 Å². The zero-order valence-electron chi connectivity index (χ0n) is 12.4. The van der Waals surface area contributed by atoms with E-state index in [0.717, 1.165) is 0 Å². The van der Waals surface area contributed by atoms with Crippen LogP contribution in [0.4, 0.5) is 0 Å². The smallest absolute Gasteiger partial charge is 0.325 e. The number of rotatable bonds is 5. The number of aliphatic carboxylic acids is 1. The molecule has 0 spiro atoms. The second-order valence-electron chi connectivity index (χ2n) is 4.85. The molecule has 0 fully saturated rings. The van der Waals surface area contributed by atoms with Crippen molar-refractivity contribution in [1.29, 1.82) is 0 Å². The molecule has 1 atom stereocenters. The summed E-state index contributed by atoms with van der Waals surface area (Å²) in [5, 5.41) is 8.20. The van der Waals surface area contributed by atoms with Gasteiger partial charge in [-0.15, -0.1) is 0 Å². The van der Waals surface area contributed by atoms with Crippen molar-refractivity contribution in [3.05, 3.63) is 60.7 Å². The van der Waals surface area contributed by atoms with E-state index in [4.69, 9.17) is 20.6 Å². The standard InChI is InChI=1S/C12H10.C4H10NO5P/c1-3-7-11(8-4-1)12-9-5-2-6-10-12;5-3(4(6)7)1-2-11(8,9)10/h1-10H;3H,1-2,5H2,(H,6,7)(H2,8,9,10). The van der Waals surface area contributed by atoms with Crippen LogP contribution in [0.1, 0.15) is 6.42 Å². The first-order valence-electron chi connectivity index (χ1n) is 6.93. The summed E-state index contributed by atoms with van der Waals surface area (Å²) in [4.78, 5) is 26.7. The lowest BCUT2D eigenvalue weighted by molar-refractivity contribution is -0.138. The average Bonchev–Trinajstić information content (AvgIpc) is 2.54. The molecule has 0 aliphatic rings. The molecule has 5 N–H and O–H groups in total. The van der Waals surface area contributed by atoms with Gasteiger partial charge < -0.3 is 20.6 Å². The fourth-order valence-corrected chi connectivity index (χ4v) is 2.31. The number of hydrogen-bond donors (Lipinski definition) is 4. The van der Waals surface area contributed by atoms with Gasteiger partial charge in [-0.05, 0) is 17.5 Å². The van der Waals surface area contributed by atoms with Gasteiger partial charge in [-0.1, -0.05) is 60.7 Å². The van der Waals surface area contributed by atoms with Gasteiger partial charge in [0.2, 0.25) is 0 Å². The third-order valence-corrected chi connectivity index (χ3v) is 3.77. The highest BCUT2D eigenvalue weighted by Crippen LogP contribution is 2.35. The average molecular weight is 337 g/mol. The van der Waals surface area contributed by atoms with Crippen LogP contribution in [0.3, 0.4) is 0 Å². The third-order valence-electron chi connectivity index (χ3n) is 2.93. The SMILES string of the molecule is NC(CCP(=O)(O)O)C(=O)O.c1ccc(-c2ccccc2)cc1. The van der Waals surface area contributed by atoms with Crippen molar-refractivity contribution in [3.8, 4) is 11.1 Å².